The van der Waals surface area contributed by atoms with E-state index in [9.17, 15) is 4.79 Å². The van der Waals surface area contributed by atoms with Gasteiger partial charge < -0.3 is 9.47 Å². The molecule has 32 heavy (non-hydrogen) atoms. The number of hydrogen-bond acceptors (Lipinski definition) is 5. The van der Waals surface area contributed by atoms with Gasteiger partial charge in [-0.1, -0.05) is 53.8 Å². The standard InChI is InChI=1S/C26H22N2O3S/c1-18-8-6-10-20(16-18)30-14-7-15-31-23-13-5-2-9-19(23)17-24-25(29)28-22-12-4-3-11-21(22)27-26(28)32-24/h2-6,8-13,16-17H,7,14-15H2,1H3. The lowest BCUT2D eigenvalue weighted by Gasteiger charge is -2.10. The van der Waals surface area contributed by atoms with Crippen LogP contribution in [-0.4, -0.2) is 22.6 Å². The van der Waals surface area contributed by atoms with E-state index in [1.54, 1.807) is 4.40 Å². The van der Waals surface area contributed by atoms with Crippen LogP contribution in [0.1, 0.15) is 17.5 Å². The molecule has 160 valence electrons. The third-order valence-electron chi connectivity index (χ3n) is 5.16. The smallest absolute Gasteiger partial charge is 0.274 e. The second kappa shape index (κ2) is 8.85. The topological polar surface area (TPSA) is 52.8 Å². The van der Waals surface area contributed by atoms with Crippen LogP contribution in [-0.2, 0) is 0 Å². The molecule has 0 fully saturated rings. The average Bonchev–Trinajstić information content (AvgIpc) is 3.31. The second-order valence-corrected chi connectivity index (χ2v) is 8.55. The number of hydrogen-bond donors (Lipinski definition) is 0. The van der Waals surface area contributed by atoms with Gasteiger partial charge in [0.25, 0.3) is 5.56 Å². The maximum Gasteiger partial charge on any atom is 0.274 e. The minimum Gasteiger partial charge on any atom is -0.493 e. The molecule has 5 nitrogen and oxygen atoms in total. The van der Waals surface area contributed by atoms with E-state index in [1.165, 1.54) is 16.9 Å². The van der Waals surface area contributed by atoms with Crippen molar-refractivity contribution >= 4 is 33.4 Å². The van der Waals surface area contributed by atoms with Crippen LogP contribution in [0.5, 0.6) is 11.5 Å². The van der Waals surface area contributed by atoms with Gasteiger partial charge in [0.1, 0.15) is 11.5 Å². The third kappa shape index (κ3) is 4.09. The molecule has 0 saturated heterocycles. The average molecular weight is 443 g/mol. The Balaban J connectivity index is 1.32. The van der Waals surface area contributed by atoms with E-state index in [-0.39, 0.29) is 5.56 Å². The number of imidazole rings is 1. The molecule has 0 saturated carbocycles. The molecule has 0 bridgehead atoms. The Labute approximate surface area is 189 Å². The predicted octanol–water partition coefficient (Wildman–Crippen LogP) is 4.61. The van der Waals surface area contributed by atoms with Crippen molar-refractivity contribution < 1.29 is 9.47 Å². The molecule has 0 amide bonds. The Morgan fingerprint density at radius 1 is 0.969 bits per heavy atom. The fourth-order valence-electron chi connectivity index (χ4n) is 3.62. The Hall–Kier alpha value is -3.64. The molecule has 6 heteroatoms. The summed E-state index contributed by atoms with van der Waals surface area (Å²) in [5.74, 6) is 1.62. The van der Waals surface area contributed by atoms with Crippen molar-refractivity contribution in [2.45, 2.75) is 13.3 Å². The SMILES string of the molecule is Cc1cccc(OCCCOc2ccccc2C=c2sc3nc4ccccc4n3c2=O)c1. The normalized spacial score (nSPS) is 12.0. The molecule has 5 aromatic rings. The van der Waals surface area contributed by atoms with Crippen LogP contribution in [0.25, 0.3) is 22.1 Å². The number of ether oxygens (including phenoxy) is 2. The van der Waals surface area contributed by atoms with E-state index in [0.717, 1.165) is 34.5 Å². The molecule has 5 rings (SSSR count). The highest BCUT2D eigenvalue weighted by Crippen LogP contribution is 2.20. The van der Waals surface area contributed by atoms with Gasteiger partial charge in [-0.15, -0.1) is 0 Å². The number of nitrogens with zero attached hydrogens (tertiary/aromatic N) is 2. The summed E-state index contributed by atoms with van der Waals surface area (Å²) in [7, 11) is 0. The van der Waals surface area contributed by atoms with Crippen LogP contribution in [0, 0.1) is 6.92 Å². The summed E-state index contributed by atoms with van der Waals surface area (Å²) < 4.78 is 14.1. The van der Waals surface area contributed by atoms with Gasteiger partial charge in [0.15, 0.2) is 4.96 Å². The summed E-state index contributed by atoms with van der Waals surface area (Å²) in [6, 6.07) is 23.5. The van der Waals surface area contributed by atoms with Crippen molar-refractivity contribution in [3.05, 3.63) is 98.8 Å². The van der Waals surface area contributed by atoms with Crippen molar-refractivity contribution in [1.29, 1.82) is 0 Å². The Morgan fingerprint density at radius 2 is 1.78 bits per heavy atom. The first-order valence-corrected chi connectivity index (χ1v) is 11.3. The van der Waals surface area contributed by atoms with Crippen LogP contribution < -0.4 is 19.6 Å². The highest BCUT2D eigenvalue weighted by molar-refractivity contribution is 7.15. The molecule has 0 N–H and O–H groups in total. The van der Waals surface area contributed by atoms with E-state index >= 15 is 0 Å². The van der Waals surface area contributed by atoms with Gasteiger partial charge in [0, 0.05) is 12.0 Å². The Morgan fingerprint density at radius 3 is 2.69 bits per heavy atom. The number of fused-ring (bicyclic) bond motifs is 3. The third-order valence-corrected chi connectivity index (χ3v) is 6.12. The monoisotopic (exact) mass is 442 g/mol. The van der Waals surface area contributed by atoms with Gasteiger partial charge in [-0.05, 0) is 48.9 Å². The lowest BCUT2D eigenvalue weighted by molar-refractivity contribution is 0.247. The first-order chi connectivity index (χ1) is 15.7. The fraction of sp³-hybridized carbons (Fsp3) is 0.154. The molecule has 0 aliphatic heterocycles. The van der Waals surface area contributed by atoms with Crippen LogP contribution in [0.3, 0.4) is 0 Å². The molecular formula is C26H22N2O3S. The largest absolute Gasteiger partial charge is 0.493 e. The van der Waals surface area contributed by atoms with Crippen molar-refractivity contribution in [2.75, 3.05) is 13.2 Å². The number of para-hydroxylation sites is 3. The molecular weight excluding hydrogens is 420 g/mol. The molecule has 0 aliphatic rings. The summed E-state index contributed by atoms with van der Waals surface area (Å²) in [6.07, 6.45) is 2.64. The number of thiazole rings is 1. The van der Waals surface area contributed by atoms with E-state index in [0.29, 0.717) is 22.7 Å². The molecule has 2 heterocycles. The molecule has 0 spiro atoms. The van der Waals surface area contributed by atoms with Gasteiger partial charge in [-0.3, -0.25) is 4.79 Å². The van der Waals surface area contributed by atoms with Crippen molar-refractivity contribution in [2.24, 2.45) is 0 Å². The van der Waals surface area contributed by atoms with Crippen molar-refractivity contribution in [3.8, 4) is 11.5 Å². The van der Waals surface area contributed by atoms with E-state index in [4.69, 9.17) is 9.47 Å². The zero-order valence-electron chi connectivity index (χ0n) is 17.7. The van der Waals surface area contributed by atoms with Gasteiger partial charge in [-0.2, -0.15) is 0 Å². The highest BCUT2D eigenvalue weighted by atomic mass is 32.1. The fourth-order valence-corrected chi connectivity index (χ4v) is 4.60. The van der Waals surface area contributed by atoms with Gasteiger partial charge in [-0.25, -0.2) is 9.38 Å². The summed E-state index contributed by atoms with van der Waals surface area (Å²) in [4.78, 5) is 18.3. The molecule has 0 aliphatic carbocycles. The van der Waals surface area contributed by atoms with Crippen LogP contribution in [0.2, 0.25) is 0 Å². The Bertz CT molecular complexity index is 1500. The predicted molar refractivity (Wildman–Crippen MR) is 129 cm³/mol. The maximum atomic E-state index is 13.0. The molecule has 2 aromatic heterocycles. The van der Waals surface area contributed by atoms with Gasteiger partial charge >= 0.3 is 0 Å². The molecule has 0 atom stereocenters. The molecule has 0 unspecified atom stereocenters. The summed E-state index contributed by atoms with van der Waals surface area (Å²) >= 11 is 1.39. The lowest BCUT2D eigenvalue weighted by Crippen LogP contribution is -2.22. The van der Waals surface area contributed by atoms with Gasteiger partial charge in [0.2, 0.25) is 0 Å². The minimum absolute atomic E-state index is 0.0555. The first kappa shape index (κ1) is 20.3. The van der Waals surface area contributed by atoms with Crippen molar-refractivity contribution in [3.63, 3.8) is 0 Å². The highest BCUT2D eigenvalue weighted by Gasteiger charge is 2.11. The lowest BCUT2D eigenvalue weighted by atomic mass is 10.2. The summed E-state index contributed by atoms with van der Waals surface area (Å²) in [5.41, 5.74) is 3.66. The maximum absolute atomic E-state index is 13.0. The molecule has 3 aromatic carbocycles. The second-order valence-electron chi connectivity index (χ2n) is 7.54. The van der Waals surface area contributed by atoms with Crippen molar-refractivity contribution in [1.82, 2.24) is 9.38 Å². The quantitative estimate of drug-likeness (QED) is 0.345. The van der Waals surface area contributed by atoms with Crippen LogP contribution in [0.4, 0.5) is 0 Å². The number of benzene rings is 3. The van der Waals surface area contributed by atoms with E-state index < -0.39 is 0 Å². The number of aryl methyl sites for hydroxylation is 1. The zero-order valence-corrected chi connectivity index (χ0v) is 18.5. The number of rotatable bonds is 7. The zero-order chi connectivity index (χ0) is 21.9. The molecule has 0 radical (unpaired) electrons. The van der Waals surface area contributed by atoms with Gasteiger partial charge in [0.05, 0.1) is 28.8 Å². The van der Waals surface area contributed by atoms with E-state index in [1.807, 2.05) is 85.8 Å². The minimum atomic E-state index is -0.0555. The first-order valence-electron chi connectivity index (χ1n) is 10.5. The van der Waals surface area contributed by atoms with E-state index in [2.05, 4.69) is 4.98 Å². The Kier molecular flexibility index (Phi) is 5.60. The summed E-state index contributed by atoms with van der Waals surface area (Å²) in [5, 5.41) is 0. The number of aromatic nitrogens is 2. The van der Waals surface area contributed by atoms with Crippen LogP contribution in [0.15, 0.2) is 77.6 Å². The van der Waals surface area contributed by atoms with Crippen LogP contribution >= 0.6 is 11.3 Å². The summed E-state index contributed by atoms with van der Waals surface area (Å²) in [6.45, 7) is 3.15.